The van der Waals surface area contributed by atoms with Gasteiger partial charge in [-0.3, -0.25) is 0 Å². The first-order valence-corrected chi connectivity index (χ1v) is 14.0. The van der Waals surface area contributed by atoms with Gasteiger partial charge in [-0.1, -0.05) is 28.1 Å². The lowest BCUT2D eigenvalue weighted by molar-refractivity contribution is -0.275. The average molecular weight is 639 g/mol. The van der Waals surface area contributed by atoms with Gasteiger partial charge in [-0.25, -0.2) is 18.1 Å². The van der Waals surface area contributed by atoms with Crippen molar-refractivity contribution in [2.75, 3.05) is 30.8 Å². The number of aromatic nitrogens is 2. The van der Waals surface area contributed by atoms with Crippen LogP contribution in [-0.4, -0.2) is 44.9 Å². The number of nitrogens with one attached hydrogen (secondary N) is 3. The van der Waals surface area contributed by atoms with E-state index < -0.39 is 27.0 Å². The number of nitrogens with zero attached hydrogens (tertiary/aromatic N) is 2. The molecule has 0 atom stereocenters. The van der Waals surface area contributed by atoms with E-state index in [1.807, 2.05) is 31.3 Å². The van der Waals surface area contributed by atoms with Gasteiger partial charge in [-0.15, -0.1) is 25.6 Å². The number of hydrogen-bond donors (Lipinski definition) is 3. The topological polar surface area (TPSA) is 105 Å². The molecule has 4 rings (SSSR count). The highest BCUT2D eigenvalue weighted by Crippen LogP contribution is 2.33. The molecule has 38 heavy (non-hydrogen) atoms. The second-order valence-electron chi connectivity index (χ2n) is 8.92. The smallest absolute Gasteiger partial charge is 0.404 e. The van der Waals surface area contributed by atoms with E-state index in [1.165, 1.54) is 6.07 Å². The minimum absolute atomic E-state index is 0. The van der Waals surface area contributed by atoms with Crippen molar-refractivity contribution in [1.29, 1.82) is 0 Å². The molecule has 0 unspecified atom stereocenters. The van der Waals surface area contributed by atoms with Crippen molar-refractivity contribution < 1.29 is 26.3 Å². The van der Waals surface area contributed by atoms with Gasteiger partial charge < -0.3 is 15.4 Å². The fourth-order valence-corrected chi connectivity index (χ4v) is 6.00. The van der Waals surface area contributed by atoms with Gasteiger partial charge >= 0.3 is 6.36 Å². The minimum atomic E-state index is -5.01. The Morgan fingerprint density at radius 2 is 1.68 bits per heavy atom. The van der Waals surface area contributed by atoms with Crippen molar-refractivity contribution in [2.45, 2.75) is 36.9 Å². The summed E-state index contributed by atoms with van der Waals surface area (Å²) in [6, 6.07) is 11.2. The Morgan fingerprint density at radius 1 is 1.03 bits per heavy atom. The van der Waals surface area contributed by atoms with E-state index in [0.717, 1.165) is 54.5 Å². The Kier molecular flexibility index (Phi) is 10.1. The van der Waals surface area contributed by atoms with Crippen LogP contribution in [-0.2, 0) is 10.0 Å². The molecule has 1 aliphatic carbocycles. The first kappa shape index (κ1) is 30.2. The van der Waals surface area contributed by atoms with Crippen molar-refractivity contribution in [3.8, 4) is 5.75 Å². The summed E-state index contributed by atoms with van der Waals surface area (Å²) in [6.07, 6.45) is -1.66. The highest BCUT2D eigenvalue weighted by molar-refractivity contribution is 9.10. The normalized spacial score (nSPS) is 18.0. The molecule has 208 valence electrons. The van der Waals surface area contributed by atoms with E-state index in [-0.39, 0.29) is 29.3 Å². The van der Waals surface area contributed by atoms with Crippen molar-refractivity contribution in [3.05, 3.63) is 46.9 Å². The molecular formula is C24H28BrClF3N5O3S. The minimum Gasteiger partial charge on any atom is -0.404 e. The summed E-state index contributed by atoms with van der Waals surface area (Å²) in [7, 11) is -2.38. The van der Waals surface area contributed by atoms with E-state index in [9.17, 15) is 21.6 Å². The molecule has 3 N–H and O–H groups in total. The average Bonchev–Trinajstić information content (AvgIpc) is 2.85. The SMILES string of the molecule is CNc1nc(NCC2CCC(CNS(=O)(=O)c3ccc(Br)cc3OC(F)(F)F)CC2)nc2ccccc12.Cl. The van der Waals surface area contributed by atoms with Crippen LogP contribution in [0.3, 0.4) is 0 Å². The number of para-hydroxylation sites is 1. The van der Waals surface area contributed by atoms with Crippen LogP contribution in [0.1, 0.15) is 25.7 Å². The monoisotopic (exact) mass is 637 g/mol. The summed E-state index contributed by atoms with van der Waals surface area (Å²) < 4.78 is 70.5. The summed E-state index contributed by atoms with van der Waals surface area (Å²) >= 11 is 3.04. The zero-order valence-corrected chi connectivity index (χ0v) is 23.6. The predicted octanol–water partition coefficient (Wildman–Crippen LogP) is 5.95. The Morgan fingerprint density at radius 3 is 2.34 bits per heavy atom. The van der Waals surface area contributed by atoms with Crippen molar-refractivity contribution >= 4 is 61.0 Å². The van der Waals surface area contributed by atoms with E-state index in [2.05, 4.69) is 46.0 Å². The van der Waals surface area contributed by atoms with Gasteiger partial charge in [0.2, 0.25) is 16.0 Å². The van der Waals surface area contributed by atoms with Crippen LogP contribution in [0.2, 0.25) is 0 Å². The summed E-state index contributed by atoms with van der Waals surface area (Å²) in [5.74, 6) is 0.977. The quantitative estimate of drug-likeness (QED) is 0.266. The van der Waals surface area contributed by atoms with E-state index in [1.54, 1.807) is 0 Å². The predicted molar refractivity (Wildman–Crippen MR) is 146 cm³/mol. The lowest BCUT2D eigenvalue weighted by atomic mass is 9.82. The number of hydrogen-bond acceptors (Lipinski definition) is 7. The Hall–Kier alpha value is -2.35. The third-order valence-corrected chi connectivity index (χ3v) is 8.29. The Bertz CT molecular complexity index is 1360. The maximum atomic E-state index is 12.8. The standard InChI is InChI=1S/C24H27BrF3N5O3S.ClH/c1-29-22-18-4-2-3-5-19(18)32-23(33-22)30-13-15-6-8-16(9-7-15)14-31-37(34,35)21-11-10-17(25)12-20(21)36-24(26,27)28;/h2-5,10-12,15-16,31H,6-9,13-14H2,1H3,(H2,29,30,32,33);1H. The van der Waals surface area contributed by atoms with Gasteiger partial charge in [0, 0.05) is 30.0 Å². The van der Waals surface area contributed by atoms with Crippen LogP contribution in [0.4, 0.5) is 24.9 Å². The number of fused-ring (bicyclic) bond motifs is 1. The molecule has 0 bridgehead atoms. The van der Waals surface area contributed by atoms with Crippen molar-refractivity contribution in [2.24, 2.45) is 11.8 Å². The largest absolute Gasteiger partial charge is 0.573 e. The molecule has 1 aromatic heterocycles. The lowest BCUT2D eigenvalue weighted by Crippen LogP contribution is -2.33. The molecule has 0 saturated heterocycles. The number of benzene rings is 2. The highest BCUT2D eigenvalue weighted by atomic mass is 79.9. The van der Waals surface area contributed by atoms with Crippen LogP contribution in [0, 0.1) is 11.8 Å². The summed E-state index contributed by atoms with van der Waals surface area (Å²) in [5, 5.41) is 7.36. The number of anilines is 2. The molecule has 1 saturated carbocycles. The zero-order valence-electron chi connectivity index (χ0n) is 20.4. The zero-order chi connectivity index (χ0) is 26.6. The first-order valence-electron chi connectivity index (χ1n) is 11.8. The van der Waals surface area contributed by atoms with Crippen LogP contribution >= 0.6 is 28.3 Å². The van der Waals surface area contributed by atoms with Crippen molar-refractivity contribution in [1.82, 2.24) is 14.7 Å². The van der Waals surface area contributed by atoms with Crippen molar-refractivity contribution in [3.63, 3.8) is 0 Å². The number of alkyl halides is 3. The Balaban J connectivity index is 0.00000400. The Labute approximate surface area is 233 Å². The summed E-state index contributed by atoms with van der Waals surface area (Å²) in [4.78, 5) is 8.57. The molecule has 0 amide bonds. The number of rotatable bonds is 9. The molecule has 3 aromatic rings. The van der Waals surface area contributed by atoms with Gasteiger partial charge in [0.1, 0.15) is 10.7 Å². The number of ether oxygens (including phenoxy) is 1. The second kappa shape index (κ2) is 12.7. The molecule has 1 aliphatic rings. The molecule has 8 nitrogen and oxygen atoms in total. The van der Waals surface area contributed by atoms with Crippen LogP contribution in [0.15, 0.2) is 51.8 Å². The molecular weight excluding hydrogens is 611 g/mol. The van der Waals surface area contributed by atoms with Crippen LogP contribution in [0.5, 0.6) is 5.75 Å². The molecule has 14 heteroatoms. The lowest BCUT2D eigenvalue weighted by Gasteiger charge is -2.28. The van der Waals surface area contributed by atoms with Crippen LogP contribution < -0.4 is 20.1 Å². The van der Waals surface area contributed by atoms with Gasteiger partial charge in [0.15, 0.2) is 5.75 Å². The maximum absolute atomic E-state index is 12.8. The van der Waals surface area contributed by atoms with Gasteiger partial charge in [-0.2, -0.15) is 4.98 Å². The van der Waals surface area contributed by atoms with E-state index in [0.29, 0.717) is 18.4 Å². The summed E-state index contributed by atoms with van der Waals surface area (Å²) in [6.45, 7) is 0.834. The second-order valence-corrected chi connectivity index (χ2v) is 11.6. The first-order chi connectivity index (χ1) is 17.5. The third kappa shape index (κ3) is 7.84. The molecule has 2 aromatic carbocycles. The number of sulfonamides is 1. The molecule has 1 heterocycles. The maximum Gasteiger partial charge on any atom is 0.573 e. The highest BCUT2D eigenvalue weighted by Gasteiger charge is 2.34. The number of halogens is 5. The van der Waals surface area contributed by atoms with Gasteiger partial charge in [-0.05, 0) is 67.9 Å². The summed E-state index contributed by atoms with van der Waals surface area (Å²) in [5.41, 5.74) is 0.843. The third-order valence-electron chi connectivity index (χ3n) is 6.34. The molecule has 0 spiro atoms. The van der Waals surface area contributed by atoms with Crippen LogP contribution in [0.25, 0.3) is 10.9 Å². The molecule has 0 aliphatic heterocycles. The molecule has 1 fully saturated rings. The van der Waals surface area contributed by atoms with Gasteiger partial charge in [0.25, 0.3) is 0 Å². The fourth-order valence-electron chi connectivity index (χ4n) is 4.44. The molecule has 0 radical (unpaired) electrons. The van der Waals surface area contributed by atoms with E-state index in [4.69, 9.17) is 0 Å². The van der Waals surface area contributed by atoms with Gasteiger partial charge in [0.05, 0.1) is 5.52 Å². The van der Waals surface area contributed by atoms with E-state index >= 15 is 0 Å². The fraction of sp³-hybridized carbons (Fsp3) is 0.417.